The third-order valence-electron chi connectivity index (χ3n) is 5.68. The fourth-order valence-corrected chi connectivity index (χ4v) is 4.26. The first-order valence-electron chi connectivity index (χ1n) is 10.6. The van der Waals surface area contributed by atoms with Crippen LogP contribution in [0, 0.1) is 0 Å². The summed E-state index contributed by atoms with van der Waals surface area (Å²) in [4.78, 5) is 33.2. The summed E-state index contributed by atoms with van der Waals surface area (Å²) in [6.07, 6.45) is 4.89. The number of pyridine rings is 1. The first-order chi connectivity index (χ1) is 14.7. The Kier molecular flexibility index (Phi) is 5.47. The smallest absolute Gasteiger partial charge is 0.410 e. The van der Waals surface area contributed by atoms with Crippen LogP contribution >= 0.6 is 0 Å². The monoisotopic (exact) mass is 423 g/mol. The lowest BCUT2D eigenvalue weighted by Crippen LogP contribution is -2.58. The van der Waals surface area contributed by atoms with Crippen LogP contribution in [-0.2, 0) is 4.74 Å². The molecule has 2 fully saturated rings. The number of amides is 3. The molecule has 4 rings (SSSR count). The number of nitrogens with one attached hydrogen (secondary N) is 1. The number of aromatic nitrogens is 1. The molecule has 0 aliphatic carbocycles. The van der Waals surface area contributed by atoms with E-state index in [9.17, 15) is 9.59 Å². The molecule has 2 bridgehead atoms. The van der Waals surface area contributed by atoms with E-state index in [0.29, 0.717) is 24.5 Å². The zero-order chi connectivity index (χ0) is 22.2. The molecule has 0 saturated carbocycles. The van der Waals surface area contributed by atoms with Crippen molar-refractivity contribution in [3.05, 3.63) is 42.7 Å². The third kappa shape index (κ3) is 4.57. The third-order valence-corrected chi connectivity index (χ3v) is 5.68. The molecule has 164 valence electrons. The summed E-state index contributed by atoms with van der Waals surface area (Å²) in [5.41, 5.74) is 8.59. The molecule has 3 N–H and O–H groups in total. The molecular weight excluding hydrogens is 394 g/mol. The highest BCUT2D eigenvalue weighted by Gasteiger charge is 2.45. The summed E-state index contributed by atoms with van der Waals surface area (Å²) in [6, 6.07) is 9.12. The number of piperazine rings is 1. The minimum atomic E-state index is -0.539. The molecule has 1 aromatic carbocycles. The van der Waals surface area contributed by atoms with Crippen LogP contribution in [0.5, 0.6) is 0 Å². The van der Waals surface area contributed by atoms with Gasteiger partial charge in [-0.3, -0.25) is 9.88 Å². The molecular formula is C23H29N5O3. The Morgan fingerprint density at radius 2 is 1.71 bits per heavy atom. The molecule has 3 heterocycles. The van der Waals surface area contributed by atoms with Crippen molar-refractivity contribution in [3.8, 4) is 11.1 Å². The van der Waals surface area contributed by atoms with Crippen molar-refractivity contribution in [1.82, 2.24) is 14.8 Å². The zero-order valence-electron chi connectivity index (χ0n) is 18.2. The highest BCUT2D eigenvalue weighted by atomic mass is 16.6. The number of likely N-dealkylation sites (tertiary alicyclic amines) is 1. The van der Waals surface area contributed by atoms with Gasteiger partial charge in [0.2, 0.25) is 0 Å². The Labute approximate surface area is 182 Å². The number of nitrogen functional groups attached to an aromatic ring is 1. The van der Waals surface area contributed by atoms with Gasteiger partial charge in [0, 0.05) is 25.5 Å². The van der Waals surface area contributed by atoms with Crippen LogP contribution in [-0.4, -0.2) is 57.7 Å². The van der Waals surface area contributed by atoms with Gasteiger partial charge >= 0.3 is 12.1 Å². The van der Waals surface area contributed by atoms with Gasteiger partial charge < -0.3 is 20.7 Å². The van der Waals surface area contributed by atoms with Gasteiger partial charge in [0.15, 0.2) is 0 Å². The van der Waals surface area contributed by atoms with Gasteiger partial charge in [0.25, 0.3) is 0 Å². The number of benzene rings is 1. The van der Waals surface area contributed by atoms with Crippen LogP contribution in [0.1, 0.15) is 33.6 Å². The lowest BCUT2D eigenvalue weighted by Gasteiger charge is -2.41. The van der Waals surface area contributed by atoms with Crippen molar-refractivity contribution in [2.24, 2.45) is 0 Å². The van der Waals surface area contributed by atoms with E-state index in [2.05, 4.69) is 10.3 Å². The highest BCUT2D eigenvalue weighted by Crippen LogP contribution is 2.33. The molecule has 2 unspecified atom stereocenters. The second-order valence-electron chi connectivity index (χ2n) is 9.15. The maximum atomic E-state index is 13.0. The predicted molar refractivity (Wildman–Crippen MR) is 120 cm³/mol. The molecule has 2 aliphatic rings. The number of urea groups is 1. The number of hydrogen-bond acceptors (Lipinski definition) is 5. The largest absolute Gasteiger partial charge is 0.444 e. The molecule has 0 spiro atoms. The maximum Gasteiger partial charge on any atom is 0.410 e. The first-order valence-corrected chi connectivity index (χ1v) is 10.6. The van der Waals surface area contributed by atoms with Gasteiger partial charge in [-0.15, -0.1) is 0 Å². The first kappa shape index (κ1) is 21.0. The van der Waals surface area contributed by atoms with Crippen molar-refractivity contribution in [3.63, 3.8) is 0 Å². The van der Waals surface area contributed by atoms with Gasteiger partial charge in [0.05, 0.1) is 23.5 Å². The van der Waals surface area contributed by atoms with E-state index in [1.165, 1.54) is 0 Å². The van der Waals surface area contributed by atoms with Crippen molar-refractivity contribution in [2.45, 2.75) is 51.3 Å². The van der Waals surface area contributed by atoms with Crippen molar-refractivity contribution >= 4 is 23.5 Å². The minimum absolute atomic E-state index is 0.0279. The molecule has 8 nitrogen and oxygen atoms in total. The number of hydrogen-bond donors (Lipinski definition) is 2. The van der Waals surface area contributed by atoms with Gasteiger partial charge in [0.1, 0.15) is 5.60 Å². The maximum absolute atomic E-state index is 13.0. The van der Waals surface area contributed by atoms with E-state index < -0.39 is 5.60 Å². The molecule has 2 saturated heterocycles. The van der Waals surface area contributed by atoms with E-state index >= 15 is 0 Å². The van der Waals surface area contributed by atoms with E-state index in [-0.39, 0.29) is 24.2 Å². The minimum Gasteiger partial charge on any atom is -0.444 e. The van der Waals surface area contributed by atoms with Gasteiger partial charge in [-0.2, -0.15) is 0 Å². The van der Waals surface area contributed by atoms with Gasteiger partial charge in [-0.25, -0.2) is 9.59 Å². The number of nitrogens with zero attached hydrogens (tertiary/aromatic N) is 3. The molecule has 3 amide bonds. The van der Waals surface area contributed by atoms with Crippen LogP contribution in [0.15, 0.2) is 42.7 Å². The number of carbonyl (C=O) groups excluding carboxylic acids is 2. The van der Waals surface area contributed by atoms with Crippen molar-refractivity contribution in [1.29, 1.82) is 0 Å². The summed E-state index contributed by atoms with van der Waals surface area (Å²) in [7, 11) is 0. The summed E-state index contributed by atoms with van der Waals surface area (Å²) in [6.45, 7) is 6.54. The summed E-state index contributed by atoms with van der Waals surface area (Å²) < 4.78 is 5.57. The number of nitrogens with two attached hydrogens (primary N) is 1. The number of fused-ring (bicyclic) bond motifs is 2. The van der Waals surface area contributed by atoms with Crippen LogP contribution < -0.4 is 11.1 Å². The second kappa shape index (κ2) is 8.09. The average Bonchev–Trinajstić information content (AvgIpc) is 2.99. The normalized spacial score (nSPS) is 20.5. The quantitative estimate of drug-likeness (QED) is 0.713. The zero-order valence-corrected chi connectivity index (χ0v) is 18.2. The Hall–Kier alpha value is -3.29. The lowest BCUT2D eigenvalue weighted by molar-refractivity contribution is 0.000745. The Morgan fingerprint density at radius 3 is 2.32 bits per heavy atom. The fraction of sp³-hybridized carbons (Fsp3) is 0.435. The number of ether oxygens (including phenoxy) is 1. The second-order valence-corrected chi connectivity index (χ2v) is 9.15. The van der Waals surface area contributed by atoms with Crippen LogP contribution in [0.3, 0.4) is 0 Å². The van der Waals surface area contributed by atoms with Crippen LogP contribution in [0.4, 0.5) is 21.0 Å². The summed E-state index contributed by atoms with van der Waals surface area (Å²) >= 11 is 0. The van der Waals surface area contributed by atoms with E-state index in [1.54, 1.807) is 23.4 Å². The van der Waals surface area contributed by atoms with Crippen molar-refractivity contribution in [2.75, 3.05) is 24.1 Å². The lowest BCUT2D eigenvalue weighted by atomic mass is 10.1. The average molecular weight is 424 g/mol. The SMILES string of the molecule is CC(C)(C)OC(=O)N1C2CCC1CN(C(=O)Nc1cc(-c3ccncc3)ccc1N)C2. The number of anilines is 2. The van der Waals surface area contributed by atoms with E-state index in [0.717, 1.165) is 24.0 Å². The van der Waals surface area contributed by atoms with Gasteiger partial charge in [-0.05, 0) is 69.0 Å². The van der Waals surface area contributed by atoms with Crippen molar-refractivity contribution < 1.29 is 14.3 Å². The van der Waals surface area contributed by atoms with E-state index in [1.807, 2.05) is 49.9 Å². The Bertz CT molecular complexity index is 959. The number of rotatable bonds is 2. The van der Waals surface area contributed by atoms with Gasteiger partial charge in [-0.1, -0.05) is 6.07 Å². The summed E-state index contributed by atoms with van der Waals surface area (Å²) in [5, 5.41) is 2.95. The topological polar surface area (TPSA) is 101 Å². The van der Waals surface area contributed by atoms with Crippen LogP contribution in [0.2, 0.25) is 0 Å². The standard InChI is InChI=1S/C23H29N5O3/c1-23(2,3)31-22(30)28-17-5-6-18(28)14-27(13-17)21(29)26-20-12-16(4-7-19(20)24)15-8-10-25-11-9-15/h4,7-12,17-18H,5-6,13-14,24H2,1-3H3,(H,26,29). The van der Waals surface area contributed by atoms with E-state index in [4.69, 9.17) is 10.5 Å². The Balaban J connectivity index is 1.45. The molecule has 8 heteroatoms. The van der Waals surface area contributed by atoms with Crippen LogP contribution in [0.25, 0.3) is 11.1 Å². The molecule has 31 heavy (non-hydrogen) atoms. The molecule has 2 aromatic rings. The Morgan fingerprint density at radius 1 is 1.06 bits per heavy atom. The summed E-state index contributed by atoms with van der Waals surface area (Å²) in [5.74, 6) is 0. The molecule has 2 aliphatic heterocycles. The fourth-order valence-electron chi connectivity index (χ4n) is 4.26. The highest BCUT2D eigenvalue weighted by molar-refractivity contribution is 5.94. The predicted octanol–water partition coefficient (Wildman–Crippen LogP) is 3.95. The number of carbonyl (C=O) groups is 2. The molecule has 0 radical (unpaired) electrons. The molecule has 1 aromatic heterocycles. The molecule has 2 atom stereocenters.